The maximum absolute atomic E-state index is 12.4. The molecule has 0 bridgehead atoms. The largest absolute Gasteiger partial charge is 0.354 e. The number of carbonyl (C=O) groups is 2. The first-order valence-corrected chi connectivity index (χ1v) is 9.00. The Morgan fingerprint density at radius 1 is 1.07 bits per heavy atom. The molecular weight excluding hydrogens is 491 g/mol. The first-order valence-electron chi connectivity index (χ1n) is 8.62. The van der Waals surface area contributed by atoms with Crippen LogP contribution in [-0.4, -0.2) is 54.8 Å². The summed E-state index contributed by atoms with van der Waals surface area (Å²) in [6.07, 6.45) is 0. The van der Waals surface area contributed by atoms with Gasteiger partial charge in [-0.3, -0.25) is 19.5 Å². The summed E-state index contributed by atoms with van der Waals surface area (Å²) in [5.41, 5.74) is 2.03. The minimum Gasteiger partial charge on any atom is -0.354 e. The van der Waals surface area contributed by atoms with Gasteiger partial charge in [0.25, 0.3) is 11.8 Å². The van der Waals surface area contributed by atoms with E-state index in [1.165, 1.54) is 4.90 Å². The molecule has 0 radical (unpaired) electrons. The van der Waals surface area contributed by atoms with Crippen LogP contribution in [0.4, 0.5) is 0 Å². The molecule has 1 aliphatic rings. The lowest BCUT2D eigenvalue weighted by atomic mass is 10.1. The van der Waals surface area contributed by atoms with Gasteiger partial charge in [0, 0.05) is 38.8 Å². The van der Waals surface area contributed by atoms with Crippen LogP contribution in [0.1, 0.15) is 26.3 Å². The number of nitrogens with zero attached hydrogens (tertiary/aromatic N) is 3. The van der Waals surface area contributed by atoms with Crippen LogP contribution in [0, 0.1) is 0 Å². The lowest BCUT2D eigenvalue weighted by molar-refractivity contribution is 0.0657. The molecule has 6 nitrogen and oxygen atoms in total. The molecule has 2 amide bonds. The van der Waals surface area contributed by atoms with E-state index in [9.17, 15) is 9.59 Å². The average Bonchev–Trinajstić information content (AvgIpc) is 2.92. The lowest BCUT2D eigenvalue weighted by Gasteiger charge is -2.23. The van der Waals surface area contributed by atoms with E-state index < -0.39 is 0 Å². The number of nitrogens with one attached hydrogen (secondary N) is 1. The minimum atomic E-state index is -0.248. The number of hydrogen-bond donors (Lipinski definition) is 1. The van der Waals surface area contributed by atoms with Gasteiger partial charge in [0.1, 0.15) is 0 Å². The summed E-state index contributed by atoms with van der Waals surface area (Å²) in [5, 5.41) is 3.90. The standard InChI is InChI=1S/C20H21ClN4O2.HI/c1-22-20(24(2)13-14-7-9-15(21)10-8-14)23-11-12-25-18(26)16-5-3-4-6-17(16)19(25)27;/h3-10H,11-13H2,1-2H3,(H,22,23);1H. The van der Waals surface area contributed by atoms with E-state index in [1.807, 2.05) is 36.2 Å². The Kier molecular flexibility index (Phi) is 7.82. The number of guanidine groups is 1. The van der Waals surface area contributed by atoms with Crippen LogP contribution < -0.4 is 5.32 Å². The zero-order chi connectivity index (χ0) is 19.4. The normalized spacial score (nSPS) is 13.2. The molecule has 0 aromatic heterocycles. The molecule has 0 saturated carbocycles. The Morgan fingerprint density at radius 2 is 1.64 bits per heavy atom. The smallest absolute Gasteiger partial charge is 0.261 e. The van der Waals surface area contributed by atoms with Gasteiger partial charge in [0.05, 0.1) is 11.1 Å². The monoisotopic (exact) mass is 512 g/mol. The summed E-state index contributed by atoms with van der Waals surface area (Å²) >= 11 is 5.92. The first kappa shape index (κ1) is 22.2. The van der Waals surface area contributed by atoms with Crippen LogP contribution in [0.25, 0.3) is 0 Å². The number of aliphatic imine (C=N–C) groups is 1. The van der Waals surface area contributed by atoms with Gasteiger partial charge in [0.15, 0.2) is 5.96 Å². The molecule has 1 N–H and O–H groups in total. The van der Waals surface area contributed by atoms with Crippen LogP contribution in [0.2, 0.25) is 5.02 Å². The van der Waals surface area contributed by atoms with Crippen LogP contribution in [-0.2, 0) is 6.54 Å². The summed E-state index contributed by atoms with van der Waals surface area (Å²) in [4.78, 5) is 32.3. The second kappa shape index (κ2) is 9.88. The molecule has 0 unspecified atom stereocenters. The van der Waals surface area contributed by atoms with Crippen molar-refractivity contribution >= 4 is 53.4 Å². The number of imide groups is 1. The van der Waals surface area contributed by atoms with Crippen molar-refractivity contribution in [3.8, 4) is 0 Å². The first-order chi connectivity index (χ1) is 13.0. The maximum Gasteiger partial charge on any atom is 0.261 e. The molecular formula is C20H22ClIN4O2. The number of fused-ring (bicyclic) bond motifs is 1. The second-order valence-electron chi connectivity index (χ2n) is 6.26. The highest BCUT2D eigenvalue weighted by molar-refractivity contribution is 14.0. The summed E-state index contributed by atoms with van der Waals surface area (Å²) in [6, 6.07) is 14.5. The van der Waals surface area contributed by atoms with E-state index in [1.54, 1.807) is 31.3 Å². The van der Waals surface area contributed by atoms with Crippen LogP contribution in [0.15, 0.2) is 53.5 Å². The van der Waals surface area contributed by atoms with E-state index in [4.69, 9.17) is 11.6 Å². The number of carbonyl (C=O) groups excluding carboxylic acids is 2. The maximum atomic E-state index is 12.4. The topological polar surface area (TPSA) is 65.0 Å². The van der Waals surface area contributed by atoms with Crippen molar-refractivity contribution in [1.82, 2.24) is 15.1 Å². The summed E-state index contributed by atoms with van der Waals surface area (Å²) < 4.78 is 0. The van der Waals surface area contributed by atoms with Gasteiger partial charge in [-0.05, 0) is 29.8 Å². The number of hydrogen-bond acceptors (Lipinski definition) is 3. The number of benzene rings is 2. The fourth-order valence-electron chi connectivity index (χ4n) is 3.05. The quantitative estimate of drug-likeness (QED) is 0.289. The second-order valence-corrected chi connectivity index (χ2v) is 6.70. The van der Waals surface area contributed by atoms with Crippen LogP contribution >= 0.6 is 35.6 Å². The molecule has 0 aliphatic carbocycles. The molecule has 148 valence electrons. The summed E-state index contributed by atoms with van der Waals surface area (Å²) in [5.74, 6) is 0.186. The van der Waals surface area contributed by atoms with Gasteiger partial charge in [-0.15, -0.1) is 24.0 Å². The average molecular weight is 513 g/mol. The lowest BCUT2D eigenvalue weighted by Crippen LogP contribution is -2.43. The van der Waals surface area contributed by atoms with Gasteiger partial charge in [-0.1, -0.05) is 35.9 Å². The summed E-state index contributed by atoms with van der Waals surface area (Å²) in [6.45, 7) is 1.35. The molecule has 28 heavy (non-hydrogen) atoms. The van der Waals surface area contributed by atoms with Gasteiger partial charge < -0.3 is 10.2 Å². The molecule has 2 aromatic rings. The van der Waals surface area contributed by atoms with E-state index in [0.717, 1.165) is 5.56 Å². The van der Waals surface area contributed by atoms with Crippen molar-refractivity contribution in [2.45, 2.75) is 6.54 Å². The summed E-state index contributed by atoms with van der Waals surface area (Å²) in [7, 11) is 3.62. The van der Waals surface area contributed by atoms with Gasteiger partial charge in [0.2, 0.25) is 0 Å². The highest BCUT2D eigenvalue weighted by Gasteiger charge is 2.34. The molecule has 0 saturated heterocycles. The SMILES string of the molecule is CN=C(NCCN1C(=O)c2ccccc2C1=O)N(C)Cc1ccc(Cl)cc1.I. The highest BCUT2D eigenvalue weighted by Crippen LogP contribution is 2.21. The van der Waals surface area contributed by atoms with E-state index in [2.05, 4.69) is 10.3 Å². The minimum absolute atomic E-state index is 0. The molecule has 0 spiro atoms. The number of halogens is 2. The molecule has 0 fully saturated rings. The predicted octanol–water partition coefficient (Wildman–Crippen LogP) is 3.26. The van der Waals surface area contributed by atoms with Crippen LogP contribution in [0.5, 0.6) is 0 Å². The van der Waals surface area contributed by atoms with Gasteiger partial charge in [-0.2, -0.15) is 0 Å². The van der Waals surface area contributed by atoms with Crippen molar-refractivity contribution in [2.75, 3.05) is 27.2 Å². The molecule has 3 rings (SSSR count). The van der Waals surface area contributed by atoms with Crippen molar-refractivity contribution in [1.29, 1.82) is 0 Å². The van der Waals surface area contributed by atoms with Gasteiger partial charge in [-0.25, -0.2) is 0 Å². The highest BCUT2D eigenvalue weighted by atomic mass is 127. The van der Waals surface area contributed by atoms with E-state index >= 15 is 0 Å². The fraction of sp³-hybridized carbons (Fsp3) is 0.250. The van der Waals surface area contributed by atoms with E-state index in [-0.39, 0.29) is 42.3 Å². The van der Waals surface area contributed by atoms with E-state index in [0.29, 0.717) is 35.2 Å². The Hall–Kier alpha value is -2.13. The fourth-order valence-corrected chi connectivity index (χ4v) is 3.17. The zero-order valence-electron chi connectivity index (χ0n) is 15.7. The molecule has 0 atom stereocenters. The Balaban J connectivity index is 0.00000280. The van der Waals surface area contributed by atoms with Crippen molar-refractivity contribution in [2.24, 2.45) is 4.99 Å². The van der Waals surface area contributed by atoms with Crippen molar-refractivity contribution in [3.05, 3.63) is 70.2 Å². The zero-order valence-corrected chi connectivity index (χ0v) is 18.8. The Morgan fingerprint density at radius 3 is 2.18 bits per heavy atom. The third kappa shape index (κ3) is 4.82. The Labute approximate surface area is 186 Å². The van der Waals surface area contributed by atoms with Crippen LogP contribution in [0.3, 0.4) is 0 Å². The third-order valence-electron chi connectivity index (χ3n) is 4.40. The predicted molar refractivity (Wildman–Crippen MR) is 122 cm³/mol. The van der Waals surface area contributed by atoms with Crippen molar-refractivity contribution < 1.29 is 9.59 Å². The third-order valence-corrected chi connectivity index (χ3v) is 4.66. The number of rotatable bonds is 5. The molecule has 8 heteroatoms. The van der Waals surface area contributed by atoms with Crippen molar-refractivity contribution in [3.63, 3.8) is 0 Å². The van der Waals surface area contributed by atoms with Gasteiger partial charge >= 0.3 is 0 Å². The molecule has 1 aliphatic heterocycles. The molecule has 2 aromatic carbocycles. The Bertz CT molecular complexity index is 851. The molecule has 1 heterocycles. The number of amides is 2.